The Bertz CT molecular complexity index is 708. The SMILES string of the molecule is O=C(O)Oc1ccc2c(c1)Sc1ccc(OC(=O)O)cc1S2. The second-order valence-electron chi connectivity index (χ2n) is 4.16. The zero-order valence-electron chi connectivity index (χ0n) is 10.8. The van der Waals surface area contributed by atoms with E-state index in [0.717, 1.165) is 19.6 Å². The number of benzene rings is 2. The zero-order valence-corrected chi connectivity index (χ0v) is 12.4. The van der Waals surface area contributed by atoms with Crippen LogP contribution in [0.2, 0.25) is 0 Å². The summed E-state index contributed by atoms with van der Waals surface area (Å²) in [7, 11) is 0. The molecule has 0 bridgehead atoms. The average molecular weight is 336 g/mol. The van der Waals surface area contributed by atoms with Gasteiger partial charge in [0.2, 0.25) is 0 Å². The van der Waals surface area contributed by atoms with Crippen LogP contribution in [0.4, 0.5) is 9.59 Å². The molecule has 2 aromatic carbocycles. The van der Waals surface area contributed by atoms with Gasteiger partial charge in [-0.1, -0.05) is 23.5 Å². The summed E-state index contributed by atoms with van der Waals surface area (Å²) in [6.45, 7) is 0. The zero-order chi connectivity index (χ0) is 15.7. The molecule has 1 heterocycles. The molecule has 0 radical (unpaired) electrons. The Hall–Kier alpha value is -2.32. The van der Waals surface area contributed by atoms with Crippen LogP contribution in [0.3, 0.4) is 0 Å². The van der Waals surface area contributed by atoms with Gasteiger partial charge in [0.25, 0.3) is 0 Å². The second kappa shape index (κ2) is 5.82. The minimum absolute atomic E-state index is 0.258. The van der Waals surface area contributed by atoms with E-state index in [1.54, 1.807) is 36.4 Å². The van der Waals surface area contributed by atoms with E-state index in [1.165, 1.54) is 23.5 Å². The molecule has 2 N–H and O–H groups in total. The van der Waals surface area contributed by atoms with Crippen molar-refractivity contribution in [2.75, 3.05) is 0 Å². The van der Waals surface area contributed by atoms with E-state index in [-0.39, 0.29) is 11.5 Å². The van der Waals surface area contributed by atoms with Gasteiger partial charge in [0.05, 0.1) is 0 Å². The van der Waals surface area contributed by atoms with Crippen molar-refractivity contribution < 1.29 is 29.3 Å². The smallest absolute Gasteiger partial charge is 0.449 e. The summed E-state index contributed by atoms with van der Waals surface area (Å²) in [6.07, 6.45) is -2.71. The van der Waals surface area contributed by atoms with Crippen LogP contribution >= 0.6 is 23.5 Å². The number of carboxylic acid groups (broad SMARTS) is 2. The first-order valence-electron chi connectivity index (χ1n) is 5.96. The average Bonchev–Trinajstić information content (AvgIpc) is 2.44. The summed E-state index contributed by atoms with van der Waals surface area (Å²) in [5, 5.41) is 17.3. The number of hydrogen-bond donors (Lipinski definition) is 2. The second-order valence-corrected chi connectivity index (χ2v) is 6.32. The summed E-state index contributed by atoms with van der Waals surface area (Å²) in [4.78, 5) is 24.8. The normalized spacial score (nSPS) is 12.0. The lowest BCUT2D eigenvalue weighted by Crippen LogP contribution is -2.04. The van der Waals surface area contributed by atoms with Gasteiger partial charge >= 0.3 is 12.3 Å². The third-order valence-corrected chi connectivity index (χ3v) is 5.21. The standard InChI is InChI=1S/C14H8O6S2/c15-13(16)19-7-1-3-9-11(5-7)22-10-4-2-8(20-14(17)18)6-12(10)21-9/h1-6H,(H,15,16)(H,17,18). The molecule has 3 rings (SSSR count). The lowest BCUT2D eigenvalue weighted by molar-refractivity contribution is 0.143. The van der Waals surface area contributed by atoms with Crippen LogP contribution < -0.4 is 9.47 Å². The fourth-order valence-corrected chi connectivity index (χ4v) is 4.12. The van der Waals surface area contributed by atoms with Crippen molar-refractivity contribution in [2.24, 2.45) is 0 Å². The molecule has 0 saturated heterocycles. The van der Waals surface area contributed by atoms with Gasteiger partial charge in [0.15, 0.2) is 0 Å². The number of ether oxygens (including phenoxy) is 2. The van der Waals surface area contributed by atoms with Crippen LogP contribution in [0.15, 0.2) is 56.0 Å². The maximum absolute atomic E-state index is 10.6. The Kier molecular flexibility index (Phi) is 3.86. The molecule has 0 unspecified atom stereocenters. The number of rotatable bonds is 2. The molecule has 0 atom stereocenters. The van der Waals surface area contributed by atoms with E-state index >= 15 is 0 Å². The summed E-state index contributed by atoms with van der Waals surface area (Å²) >= 11 is 2.91. The highest BCUT2D eigenvalue weighted by atomic mass is 32.2. The van der Waals surface area contributed by atoms with Gasteiger partial charge in [-0.2, -0.15) is 0 Å². The van der Waals surface area contributed by atoms with E-state index in [0.29, 0.717) is 0 Å². The summed E-state index contributed by atoms with van der Waals surface area (Å²) in [5.74, 6) is 0.516. The molecule has 1 aliphatic rings. The van der Waals surface area contributed by atoms with Crippen molar-refractivity contribution in [3.05, 3.63) is 36.4 Å². The molecule has 0 aliphatic carbocycles. The maximum Gasteiger partial charge on any atom is 0.511 e. The third-order valence-electron chi connectivity index (χ3n) is 2.68. The lowest BCUT2D eigenvalue weighted by Gasteiger charge is -2.19. The first kappa shape index (κ1) is 14.6. The van der Waals surface area contributed by atoms with Crippen LogP contribution in [0.1, 0.15) is 0 Å². The summed E-state index contributed by atoms with van der Waals surface area (Å²) < 4.78 is 9.28. The fourth-order valence-electron chi connectivity index (χ4n) is 1.87. The highest BCUT2D eigenvalue weighted by Gasteiger charge is 2.19. The van der Waals surface area contributed by atoms with Gasteiger partial charge in [-0.15, -0.1) is 0 Å². The van der Waals surface area contributed by atoms with Crippen LogP contribution in [0, 0.1) is 0 Å². The number of hydrogen-bond acceptors (Lipinski definition) is 6. The Balaban J connectivity index is 1.88. The molecule has 0 saturated carbocycles. The number of carbonyl (C=O) groups is 2. The molecule has 6 nitrogen and oxygen atoms in total. The van der Waals surface area contributed by atoms with Gasteiger partial charge < -0.3 is 19.7 Å². The molecule has 8 heteroatoms. The molecule has 0 fully saturated rings. The van der Waals surface area contributed by atoms with Gasteiger partial charge in [-0.3, -0.25) is 0 Å². The van der Waals surface area contributed by atoms with E-state index < -0.39 is 12.3 Å². The molecular formula is C14H8O6S2. The third kappa shape index (κ3) is 3.12. The summed E-state index contributed by atoms with van der Waals surface area (Å²) in [6, 6.07) is 9.99. The van der Waals surface area contributed by atoms with Crippen molar-refractivity contribution in [1.82, 2.24) is 0 Å². The van der Waals surface area contributed by atoms with E-state index in [9.17, 15) is 9.59 Å². The van der Waals surface area contributed by atoms with Crippen LogP contribution in [-0.4, -0.2) is 22.5 Å². The van der Waals surface area contributed by atoms with Gasteiger partial charge in [0.1, 0.15) is 11.5 Å². The highest BCUT2D eigenvalue weighted by Crippen LogP contribution is 2.50. The Morgan fingerprint density at radius 3 is 1.50 bits per heavy atom. The predicted molar refractivity (Wildman–Crippen MR) is 78.4 cm³/mol. The van der Waals surface area contributed by atoms with Crippen LogP contribution in [-0.2, 0) is 0 Å². The minimum atomic E-state index is -1.36. The molecular weight excluding hydrogens is 328 g/mol. The first-order valence-corrected chi connectivity index (χ1v) is 7.60. The van der Waals surface area contributed by atoms with Crippen molar-refractivity contribution in [3.63, 3.8) is 0 Å². The topological polar surface area (TPSA) is 93.1 Å². The Morgan fingerprint density at radius 1 is 0.727 bits per heavy atom. The first-order chi connectivity index (χ1) is 10.5. The van der Waals surface area contributed by atoms with Crippen LogP contribution in [0.5, 0.6) is 11.5 Å². The van der Waals surface area contributed by atoms with Crippen molar-refractivity contribution in [1.29, 1.82) is 0 Å². The monoisotopic (exact) mass is 336 g/mol. The molecule has 1 aliphatic heterocycles. The Morgan fingerprint density at radius 2 is 1.14 bits per heavy atom. The van der Waals surface area contributed by atoms with Gasteiger partial charge in [-0.25, -0.2) is 9.59 Å². The minimum Gasteiger partial charge on any atom is -0.449 e. The summed E-state index contributed by atoms with van der Waals surface area (Å²) in [5.41, 5.74) is 0. The van der Waals surface area contributed by atoms with Gasteiger partial charge in [0, 0.05) is 19.6 Å². The van der Waals surface area contributed by atoms with Crippen molar-refractivity contribution in [2.45, 2.75) is 19.6 Å². The van der Waals surface area contributed by atoms with E-state index in [1.807, 2.05) is 0 Å². The lowest BCUT2D eigenvalue weighted by atomic mass is 10.3. The molecule has 112 valence electrons. The maximum atomic E-state index is 10.6. The molecule has 0 aromatic heterocycles. The fraction of sp³-hybridized carbons (Fsp3) is 0. The largest absolute Gasteiger partial charge is 0.511 e. The van der Waals surface area contributed by atoms with Crippen LogP contribution in [0.25, 0.3) is 0 Å². The van der Waals surface area contributed by atoms with Crippen molar-refractivity contribution in [3.8, 4) is 11.5 Å². The molecule has 22 heavy (non-hydrogen) atoms. The predicted octanol–water partition coefficient (Wildman–Crippen LogP) is 4.42. The number of fused-ring (bicyclic) bond motifs is 2. The van der Waals surface area contributed by atoms with Crippen molar-refractivity contribution >= 4 is 35.8 Å². The van der Waals surface area contributed by atoms with E-state index in [4.69, 9.17) is 10.2 Å². The highest BCUT2D eigenvalue weighted by molar-refractivity contribution is 8.05. The molecule has 0 spiro atoms. The van der Waals surface area contributed by atoms with Gasteiger partial charge in [-0.05, 0) is 36.4 Å². The Labute approximate surface area is 133 Å². The molecule has 0 amide bonds. The van der Waals surface area contributed by atoms with E-state index in [2.05, 4.69) is 9.47 Å². The quantitative estimate of drug-likeness (QED) is 0.525. The molecule has 2 aromatic rings.